The van der Waals surface area contributed by atoms with Crippen LogP contribution in [0.5, 0.6) is 0 Å². The molecule has 0 radical (unpaired) electrons. The molecule has 1 aliphatic rings. The van der Waals surface area contributed by atoms with Gasteiger partial charge in [0.25, 0.3) is 0 Å². The van der Waals surface area contributed by atoms with E-state index in [1.807, 2.05) is 0 Å². The summed E-state index contributed by atoms with van der Waals surface area (Å²) in [6.45, 7) is 6.93. The SMILES string of the molecule is CCC(C)(CC)NC1CCSCC1. The van der Waals surface area contributed by atoms with Gasteiger partial charge in [-0.05, 0) is 44.1 Å². The molecule has 1 nitrogen and oxygen atoms in total. The molecule has 0 aliphatic carbocycles. The third-order valence-electron chi connectivity index (χ3n) is 3.33. The molecule has 0 saturated carbocycles. The Morgan fingerprint density at radius 2 is 1.77 bits per heavy atom. The van der Waals surface area contributed by atoms with Gasteiger partial charge in [-0.25, -0.2) is 0 Å². The minimum Gasteiger partial charge on any atom is -0.309 e. The summed E-state index contributed by atoms with van der Waals surface area (Å²) in [7, 11) is 0. The predicted octanol–water partition coefficient (Wildman–Crippen LogP) is 3.05. The van der Waals surface area contributed by atoms with Gasteiger partial charge in [-0.1, -0.05) is 13.8 Å². The monoisotopic (exact) mass is 201 g/mol. The summed E-state index contributed by atoms with van der Waals surface area (Å²) in [4.78, 5) is 0. The van der Waals surface area contributed by atoms with E-state index >= 15 is 0 Å². The van der Waals surface area contributed by atoms with Gasteiger partial charge in [0.15, 0.2) is 0 Å². The van der Waals surface area contributed by atoms with E-state index < -0.39 is 0 Å². The Kier molecular flexibility index (Phi) is 4.60. The average molecular weight is 201 g/mol. The molecule has 1 aliphatic heterocycles. The fraction of sp³-hybridized carbons (Fsp3) is 1.00. The quantitative estimate of drug-likeness (QED) is 0.750. The first-order chi connectivity index (χ1) is 6.20. The van der Waals surface area contributed by atoms with Gasteiger partial charge in [-0.3, -0.25) is 0 Å². The highest BCUT2D eigenvalue weighted by atomic mass is 32.2. The fourth-order valence-corrected chi connectivity index (χ4v) is 2.90. The second-order valence-corrected chi connectivity index (χ2v) is 5.52. The van der Waals surface area contributed by atoms with Crippen LogP contribution in [0.1, 0.15) is 46.5 Å². The van der Waals surface area contributed by atoms with Gasteiger partial charge >= 0.3 is 0 Å². The molecule has 0 unspecified atom stereocenters. The van der Waals surface area contributed by atoms with E-state index in [9.17, 15) is 0 Å². The Morgan fingerprint density at radius 1 is 1.23 bits per heavy atom. The largest absolute Gasteiger partial charge is 0.309 e. The lowest BCUT2D eigenvalue weighted by atomic mass is 9.93. The Bertz CT molecular complexity index is 137. The Hall–Kier alpha value is 0.310. The van der Waals surface area contributed by atoms with Crippen LogP contribution < -0.4 is 5.32 Å². The van der Waals surface area contributed by atoms with E-state index in [-0.39, 0.29) is 0 Å². The highest BCUT2D eigenvalue weighted by molar-refractivity contribution is 7.99. The summed E-state index contributed by atoms with van der Waals surface area (Å²) in [6, 6.07) is 0.783. The van der Waals surface area contributed by atoms with Crippen molar-refractivity contribution in [3.63, 3.8) is 0 Å². The maximum atomic E-state index is 3.82. The average Bonchev–Trinajstić information content (AvgIpc) is 2.19. The zero-order valence-electron chi connectivity index (χ0n) is 9.23. The Balaban J connectivity index is 2.35. The van der Waals surface area contributed by atoms with Crippen LogP contribution in [-0.4, -0.2) is 23.1 Å². The van der Waals surface area contributed by atoms with Crippen molar-refractivity contribution in [3.8, 4) is 0 Å². The van der Waals surface area contributed by atoms with E-state index in [1.54, 1.807) is 0 Å². The Labute approximate surface area is 87.1 Å². The van der Waals surface area contributed by atoms with Gasteiger partial charge in [0.1, 0.15) is 0 Å². The summed E-state index contributed by atoms with van der Waals surface area (Å²) in [5.41, 5.74) is 0.382. The van der Waals surface area contributed by atoms with Gasteiger partial charge in [-0.15, -0.1) is 0 Å². The molecule has 0 bridgehead atoms. The van der Waals surface area contributed by atoms with E-state index in [0.717, 1.165) is 6.04 Å². The lowest BCUT2D eigenvalue weighted by molar-refractivity contribution is 0.279. The van der Waals surface area contributed by atoms with E-state index in [1.165, 1.54) is 37.2 Å². The molecule has 0 aromatic rings. The molecular weight excluding hydrogens is 178 g/mol. The molecule has 1 heterocycles. The number of nitrogens with one attached hydrogen (secondary N) is 1. The van der Waals surface area contributed by atoms with Crippen LogP contribution in [0.4, 0.5) is 0 Å². The van der Waals surface area contributed by atoms with Crippen molar-refractivity contribution >= 4 is 11.8 Å². The standard InChI is InChI=1S/C11H23NS/c1-4-11(3,5-2)12-10-6-8-13-9-7-10/h10,12H,4-9H2,1-3H3. The minimum atomic E-state index is 0.382. The van der Waals surface area contributed by atoms with Crippen LogP contribution in [-0.2, 0) is 0 Å². The van der Waals surface area contributed by atoms with Gasteiger partial charge in [0, 0.05) is 11.6 Å². The summed E-state index contributed by atoms with van der Waals surface area (Å²) < 4.78 is 0. The lowest BCUT2D eigenvalue weighted by Gasteiger charge is -2.35. The van der Waals surface area contributed by atoms with Crippen LogP contribution in [0.3, 0.4) is 0 Å². The number of rotatable bonds is 4. The molecule has 1 fully saturated rings. The van der Waals surface area contributed by atoms with Crippen LogP contribution in [0.15, 0.2) is 0 Å². The molecular formula is C11H23NS. The van der Waals surface area contributed by atoms with E-state index in [0.29, 0.717) is 5.54 Å². The van der Waals surface area contributed by atoms with E-state index in [2.05, 4.69) is 37.8 Å². The summed E-state index contributed by atoms with van der Waals surface area (Å²) in [5.74, 6) is 2.70. The first-order valence-electron chi connectivity index (χ1n) is 5.55. The van der Waals surface area contributed by atoms with Crippen LogP contribution >= 0.6 is 11.8 Å². The molecule has 1 N–H and O–H groups in total. The van der Waals surface area contributed by atoms with Gasteiger partial charge in [0.05, 0.1) is 0 Å². The minimum absolute atomic E-state index is 0.382. The molecule has 2 heteroatoms. The molecule has 13 heavy (non-hydrogen) atoms. The number of hydrogen-bond acceptors (Lipinski definition) is 2. The van der Waals surface area contributed by atoms with Gasteiger partial charge < -0.3 is 5.32 Å². The maximum Gasteiger partial charge on any atom is 0.0150 e. The van der Waals surface area contributed by atoms with Crippen LogP contribution in [0.25, 0.3) is 0 Å². The first-order valence-corrected chi connectivity index (χ1v) is 6.71. The molecule has 78 valence electrons. The van der Waals surface area contributed by atoms with E-state index in [4.69, 9.17) is 0 Å². The fourth-order valence-electron chi connectivity index (χ4n) is 1.79. The highest BCUT2D eigenvalue weighted by Gasteiger charge is 2.24. The summed E-state index contributed by atoms with van der Waals surface area (Å²) in [5, 5.41) is 3.82. The molecule has 0 spiro atoms. The van der Waals surface area contributed by atoms with Gasteiger partial charge in [-0.2, -0.15) is 11.8 Å². The lowest BCUT2D eigenvalue weighted by Crippen LogP contribution is -2.48. The predicted molar refractivity (Wildman–Crippen MR) is 62.5 cm³/mol. The summed E-state index contributed by atoms with van der Waals surface area (Å²) in [6.07, 6.45) is 5.21. The number of thioether (sulfide) groups is 1. The zero-order valence-corrected chi connectivity index (χ0v) is 10.0. The van der Waals surface area contributed by atoms with Crippen molar-refractivity contribution in [1.29, 1.82) is 0 Å². The molecule has 0 amide bonds. The topological polar surface area (TPSA) is 12.0 Å². The van der Waals surface area contributed by atoms with Gasteiger partial charge in [0.2, 0.25) is 0 Å². The van der Waals surface area contributed by atoms with Crippen molar-refractivity contribution in [2.45, 2.75) is 58.0 Å². The molecule has 1 saturated heterocycles. The zero-order chi connectivity index (χ0) is 9.73. The smallest absolute Gasteiger partial charge is 0.0150 e. The molecule has 0 atom stereocenters. The van der Waals surface area contributed by atoms with Crippen molar-refractivity contribution in [2.24, 2.45) is 0 Å². The van der Waals surface area contributed by atoms with Crippen molar-refractivity contribution in [1.82, 2.24) is 5.32 Å². The van der Waals surface area contributed by atoms with Crippen molar-refractivity contribution < 1.29 is 0 Å². The van der Waals surface area contributed by atoms with Crippen LogP contribution in [0, 0.1) is 0 Å². The molecule has 0 aromatic heterocycles. The molecule has 1 rings (SSSR count). The Morgan fingerprint density at radius 3 is 2.23 bits per heavy atom. The summed E-state index contributed by atoms with van der Waals surface area (Å²) >= 11 is 2.10. The normalized spacial score (nSPS) is 20.5. The second kappa shape index (κ2) is 5.26. The number of hydrogen-bond donors (Lipinski definition) is 1. The van der Waals surface area contributed by atoms with Crippen molar-refractivity contribution in [3.05, 3.63) is 0 Å². The first kappa shape index (κ1) is 11.4. The van der Waals surface area contributed by atoms with Crippen LogP contribution in [0.2, 0.25) is 0 Å². The van der Waals surface area contributed by atoms with Crippen molar-refractivity contribution in [2.75, 3.05) is 11.5 Å². The maximum absolute atomic E-state index is 3.82. The molecule has 0 aromatic carbocycles. The third-order valence-corrected chi connectivity index (χ3v) is 4.38. The highest BCUT2D eigenvalue weighted by Crippen LogP contribution is 2.22. The second-order valence-electron chi connectivity index (χ2n) is 4.30. The third kappa shape index (κ3) is 3.51.